The smallest absolute Gasteiger partial charge is 0.254 e. The molecule has 2 amide bonds. The number of carbonyl (C=O) groups excluding carboxylic acids is 2. The highest BCUT2D eigenvalue weighted by Crippen LogP contribution is 2.18. The third-order valence-electron chi connectivity index (χ3n) is 4.20. The Morgan fingerprint density at radius 2 is 1.54 bits per heavy atom. The number of nitrogens with zero attached hydrogens (tertiary/aromatic N) is 3. The Kier molecular flexibility index (Phi) is 4.81. The average molecular weight is 344 g/mol. The zero-order chi connectivity index (χ0) is 17.1. The standard InChI is InChI=1S/C18H18ClN3O2/c1-13-12-15(19)2-3-16(13)18(24)22-10-8-21(9-11-22)17(23)14-4-6-20-7-5-14/h2-7,12H,8-11H2,1H3. The molecule has 1 fully saturated rings. The molecule has 2 heterocycles. The van der Waals surface area contributed by atoms with Gasteiger partial charge >= 0.3 is 0 Å². The van der Waals surface area contributed by atoms with Crippen LogP contribution in [-0.2, 0) is 0 Å². The summed E-state index contributed by atoms with van der Waals surface area (Å²) in [6.45, 7) is 3.98. The first kappa shape index (κ1) is 16.5. The molecule has 0 unspecified atom stereocenters. The molecule has 0 spiro atoms. The average Bonchev–Trinajstić information content (AvgIpc) is 2.61. The van der Waals surface area contributed by atoms with Crippen molar-refractivity contribution in [1.29, 1.82) is 0 Å². The van der Waals surface area contributed by atoms with E-state index in [1.165, 1.54) is 0 Å². The molecule has 6 heteroatoms. The van der Waals surface area contributed by atoms with E-state index in [2.05, 4.69) is 4.98 Å². The molecule has 1 aliphatic rings. The van der Waals surface area contributed by atoms with Gasteiger partial charge in [-0.2, -0.15) is 0 Å². The van der Waals surface area contributed by atoms with Crippen molar-refractivity contribution in [3.63, 3.8) is 0 Å². The van der Waals surface area contributed by atoms with Gasteiger partial charge in [0, 0.05) is 54.7 Å². The van der Waals surface area contributed by atoms with Gasteiger partial charge in [-0.25, -0.2) is 0 Å². The van der Waals surface area contributed by atoms with Crippen LogP contribution >= 0.6 is 11.6 Å². The van der Waals surface area contributed by atoms with Crippen LogP contribution in [0.3, 0.4) is 0 Å². The molecule has 2 aromatic rings. The van der Waals surface area contributed by atoms with E-state index in [-0.39, 0.29) is 11.8 Å². The fraction of sp³-hybridized carbons (Fsp3) is 0.278. The predicted octanol–water partition coefficient (Wildman–Crippen LogP) is 2.64. The molecule has 0 N–H and O–H groups in total. The van der Waals surface area contributed by atoms with E-state index in [4.69, 9.17) is 11.6 Å². The maximum absolute atomic E-state index is 12.6. The van der Waals surface area contributed by atoms with Gasteiger partial charge in [-0.15, -0.1) is 0 Å². The maximum Gasteiger partial charge on any atom is 0.254 e. The summed E-state index contributed by atoms with van der Waals surface area (Å²) in [5.41, 5.74) is 2.15. The van der Waals surface area contributed by atoms with E-state index in [1.54, 1.807) is 52.5 Å². The SMILES string of the molecule is Cc1cc(Cl)ccc1C(=O)N1CCN(C(=O)c2ccncc2)CC1. The lowest BCUT2D eigenvalue weighted by Crippen LogP contribution is -2.50. The Hall–Kier alpha value is -2.40. The van der Waals surface area contributed by atoms with Crippen molar-refractivity contribution in [2.45, 2.75) is 6.92 Å². The first-order valence-electron chi connectivity index (χ1n) is 7.81. The normalized spacial score (nSPS) is 14.6. The van der Waals surface area contributed by atoms with E-state index in [0.717, 1.165) is 5.56 Å². The van der Waals surface area contributed by atoms with Crippen LogP contribution in [0.5, 0.6) is 0 Å². The monoisotopic (exact) mass is 343 g/mol. The third kappa shape index (κ3) is 3.41. The van der Waals surface area contributed by atoms with Gasteiger partial charge in [0.2, 0.25) is 0 Å². The molecule has 3 rings (SSSR count). The largest absolute Gasteiger partial charge is 0.335 e. The van der Waals surface area contributed by atoms with Gasteiger partial charge in [-0.1, -0.05) is 11.6 Å². The van der Waals surface area contributed by atoms with Crippen molar-refractivity contribution in [3.05, 3.63) is 64.4 Å². The molecule has 1 aliphatic heterocycles. The number of halogens is 1. The third-order valence-corrected chi connectivity index (χ3v) is 4.44. The minimum absolute atomic E-state index is 0.0137. The van der Waals surface area contributed by atoms with Crippen molar-refractivity contribution in [2.75, 3.05) is 26.2 Å². The molecular formula is C18H18ClN3O2. The Morgan fingerprint density at radius 1 is 0.958 bits per heavy atom. The van der Waals surface area contributed by atoms with Gasteiger partial charge in [-0.05, 0) is 42.8 Å². The molecule has 0 aliphatic carbocycles. The van der Waals surface area contributed by atoms with E-state index in [1.807, 2.05) is 6.92 Å². The summed E-state index contributed by atoms with van der Waals surface area (Å²) in [6.07, 6.45) is 3.21. The quantitative estimate of drug-likeness (QED) is 0.842. The lowest BCUT2D eigenvalue weighted by Gasteiger charge is -2.35. The highest BCUT2D eigenvalue weighted by molar-refractivity contribution is 6.30. The lowest BCUT2D eigenvalue weighted by atomic mass is 10.1. The molecule has 5 nitrogen and oxygen atoms in total. The van der Waals surface area contributed by atoms with E-state index in [9.17, 15) is 9.59 Å². The van der Waals surface area contributed by atoms with Crippen molar-refractivity contribution in [3.8, 4) is 0 Å². The topological polar surface area (TPSA) is 53.5 Å². The first-order chi connectivity index (χ1) is 11.6. The van der Waals surface area contributed by atoms with Crippen LogP contribution < -0.4 is 0 Å². The van der Waals surface area contributed by atoms with Crippen LogP contribution in [0.1, 0.15) is 26.3 Å². The molecule has 1 aromatic heterocycles. The number of rotatable bonds is 2. The maximum atomic E-state index is 12.6. The van der Waals surface area contributed by atoms with Gasteiger partial charge in [-0.3, -0.25) is 14.6 Å². The van der Waals surface area contributed by atoms with Crippen LogP contribution in [0.15, 0.2) is 42.7 Å². The Morgan fingerprint density at radius 3 is 2.12 bits per heavy atom. The summed E-state index contributed by atoms with van der Waals surface area (Å²) in [5.74, 6) is -0.0349. The molecule has 0 saturated carbocycles. The first-order valence-corrected chi connectivity index (χ1v) is 8.19. The fourth-order valence-electron chi connectivity index (χ4n) is 2.83. The highest BCUT2D eigenvalue weighted by Gasteiger charge is 2.26. The summed E-state index contributed by atoms with van der Waals surface area (Å²) < 4.78 is 0. The van der Waals surface area contributed by atoms with Gasteiger partial charge < -0.3 is 9.80 Å². The number of pyridine rings is 1. The van der Waals surface area contributed by atoms with Crippen molar-refractivity contribution in [2.24, 2.45) is 0 Å². The lowest BCUT2D eigenvalue weighted by molar-refractivity contribution is 0.0535. The molecule has 0 atom stereocenters. The second-order valence-electron chi connectivity index (χ2n) is 5.78. The zero-order valence-electron chi connectivity index (χ0n) is 13.4. The number of benzene rings is 1. The van der Waals surface area contributed by atoms with Gasteiger partial charge in [0.1, 0.15) is 0 Å². The summed E-state index contributed by atoms with van der Waals surface area (Å²) in [4.78, 5) is 32.5. The van der Waals surface area contributed by atoms with Crippen LogP contribution in [0, 0.1) is 6.92 Å². The zero-order valence-corrected chi connectivity index (χ0v) is 14.2. The number of aromatic nitrogens is 1. The Balaban J connectivity index is 1.64. The number of piperazine rings is 1. The van der Waals surface area contributed by atoms with E-state index in [0.29, 0.717) is 42.3 Å². The van der Waals surface area contributed by atoms with Gasteiger partial charge in [0.05, 0.1) is 0 Å². The minimum atomic E-state index is -0.0211. The Labute approximate surface area is 145 Å². The van der Waals surface area contributed by atoms with Crippen LogP contribution in [0.2, 0.25) is 5.02 Å². The molecule has 0 radical (unpaired) electrons. The summed E-state index contributed by atoms with van der Waals surface area (Å²) in [6, 6.07) is 8.69. The second kappa shape index (κ2) is 7.01. The van der Waals surface area contributed by atoms with Crippen molar-refractivity contribution in [1.82, 2.24) is 14.8 Å². The summed E-state index contributed by atoms with van der Waals surface area (Å²) in [5, 5.41) is 0.622. The van der Waals surface area contributed by atoms with Crippen molar-refractivity contribution < 1.29 is 9.59 Å². The van der Waals surface area contributed by atoms with Crippen molar-refractivity contribution >= 4 is 23.4 Å². The van der Waals surface area contributed by atoms with Crippen LogP contribution in [0.4, 0.5) is 0 Å². The second-order valence-corrected chi connectivity index (χ2v) is 6.22. The van der Waals surface area contributed by atoms with Gasteiger partial charge in [0.25, 0.3) is 11.8 Å². The minimum Gasteiger partial charge on any atom is -0.335 e. The molecule has 1 saturated heterocycles. The van der Waals surface area contributed by atoms with Crippen LogP contribution in [-0.4, -0.2) is 52.8 Å². The van der Waals surface area contributed by atoms with Crippen LogP contribution in [0.25, 0.3) is 0 Å². The van der Waals surface area contributed by atoms with E-state index >= 15 is 0 Å². The summed E-state index contributed by atoms with van der Waals surface area (Å²) >= 11 is 5.95. The molecule has 124 valence electrons. The number of carbonyl (C=O) groups is 2. The molecule has 0 bridgehead atoms. The summed E-state index contributed by atoms with van der Waals surface area (Å²) in [7, 11) is 0. The number of amides is 2. The number of hydrogen-bond donors (Lipinski definition) is 0. The molecular weight excluding hydrogens is 326 g/mol. The molecule has 1 aromatic carbocycles. The molecule has 24 heavy (non-hydrogen) atoms. The van der Waals surface area contributed by atoms with Gasteiger partial charge in [0.15, 0.2) is 0 Å². The Bertz CT molecular complexity index is 756. The fourth-order valence-corrected chi connectivity index (χ4v) is 3.05. The number of hydrogen-bond acceptors (Lipinski definition) is 3. The predicted molar refractivity (Wildman–Crippen MR) is 92.2 cm³/mol. The number of aryl methyl sites for hydroxylation is 1. The van der Waals surface area contributed by atoms with E-state index < -0.39 is 0 Å². The highest BCUT2D eigenvalue weighted by atomic mass is 35.5.